The van der Waals surface area contributed by atoms with Crippen LogP contribution in [0.4, 0.5) is 0 Å². The van der Waals surface area contributed by atoms with Gasteiger partial charge in [0.2, 0.25) is 5.91 Å². The van der Waals surface area contributed by atoms with Gasteiger partial charge in [0.15, 0.2) is 0 Å². The zero-order chi connectivity index (χ0) is 23.8. The Labute approximate surface area is 201 Å². The normalized spacial score (nSPS) is 11.1. The van der Waals surface area contributed by atoms with Crippen LogP contribution in [0.2, 0.25) is 0 Å². The van der Waals surface area contributed by atoms with E-state index < -0.39 is 0 Å². The van der Waals surface area contributed by atoms with E-state index in [1.807, 2.05) is 36.5 Å². The molecule has 0 radical (unpaired) electrons. The number of fused-ring (bicyclic) bond motifs is 1. The minimum absolute atomic E-state index is 0.0812. The highest BCUT2D eigenvalue weighted by Crippen LogP contribution is 2.35. The fourth-order valence-electron chi connectivity index (χ4n) is 4.13. The Kier molecular flexibility index (Phi) is 7.71. The molecular weight excluding hydrogens is 420 g/mol. The topological polar surface area (TPSA) is 51.2 Å². The van der Waals surface area contributed by atoms with Gasteiger partial charge in [0, 0.05) is 25.0 Å². The van der Waals surface area contributed by atoms with Gasteiger partial charge in [0.05, 0.1) is 7.11 Å². The number of unbranched alkanes of at least 4 members (excludes halogenated alkanes) is 1. The summed E-state index contributed by atoms with van der Waals surface area (Å²) in [6.45, 7) is 2.75. The predicted molar refractivity (Wildman–Crippen MR) is 140 cm³/mol. The summed E-state index contributed by atoms with van der Waals surface area (Å²) < 4.78 is 5.46. The summed E-state index contributed by atoms with van der Waals surface area (Å²) in [6, 6.07) is 22.7. The zero-order valence-electron chi connectivity index (χ0n) is 19.8. The largest absolute Gasteiger partial charge is 0.497 e. The first-order valence-electron chi connectivity index (χ1n) is 11.7. The molecule has 1 N–H and O–H groups in total. The smallest absolute Gasteiger partial charge is 0.243 e. The zero-order valence-corrected chi connectivity index (χ0v) is 19.8. The average Bonchev–Trinajstić information content (AvgIpc) is 2.87. The number of hydrogen-bond acceptors (Lipinski definition) is 3. The fourth-order valence-corrected chi connectivity index (χ4v) is 4.13. The van der Waals surface area contributed by atoms with Crippen molar-refractivity contribution < 1.29 is 9.53 Å². The van der Waals surface area contributed by atoms with Crippen LogP contribution in [0, 0.1) is 6.92 Å². The Hall–Kier alpha value is -3.92. The Bertz CT molecular complexity index is 1300. The van der Waals surface area contributed by atoms with E-state index in [1.165, 1.54) is 16.5 Å². The van der Waals surface area contributed by atoms with Crippen molar-refractivity contribution in [2.24, 2.45) is 0 Å². The first kappa shape index (κ1) is 23.2. The molecule has 0 aliphatic heterocycles. The maximum atomic E-state index is 12.5. The molecule has 4 nitrogen and oxygen atoms in total. The predicted octanol–water partition coefficient (Wildman–Crippen LogP) is 6.37. The lowest BCUT2D eigenvalue weighted by molar-refractivity contribution is -0.116. The summed E-state index contributed by atoms with van der Waals surface area (Å²) in [7, 11) is 1.67. The van der Waals surface area contributed by atoms with Crippen LogP contribution < -0.4 is 10.1 Å². The van der Waals surface area contributed by atoms with Crippen LogP contribution in [-0.2, 0) is 11.2 Å². The van der Waals surface area contributed by atoms with E-state index in [0.717, 1.165) is 47.1 Å². The third-order valence-electron chi connectivity index (χ3n) is 5.90. The van der Waals surface area contributed by atoms with E-state index in [2.05, 4.69) is 59.7 Å². The molecule has 0 atom stereocenters. The van der Waals surface area contributed by atoms with E-state index >= 15 is 0 Å². The second-order valence-electron chi connectivity index (χ2n) is 8.43. The van der Waals surface area contributed by atoms with E-state index in [0.29, 0.717) is 6.54 Å². The quantitative estimate of drug-likeness (QED) is 0.238. The molecule has 1 aromatic heterocycles. The van der Waals surface area contributed by atoms with Gasteiger partial charge in [-0.1, -0.05) is 54.1 Å². The Morgan fingerprint density at radius 2 is 1.91 bits per heavy atom. The number of nitrogens with one attached hydrogen (secondary N) is 1. The van der Waals surface area contributed by atoms with E-state index in [-0.39, 0.29) is 5.91 Å². The highest BCUT2D eigenvalue weighted by atomic mass is 16.5. The molecule has 1 amide bonds. The molecule has 4 aromatic rings. The summed E-state index contributed by atoms with van der Waals surface area (Å²) in [5.41, 5.74) is 5.58. The standard InChI is InChI=1S/C30H30N2O2/c1-22-11-12-24-13-14-25(30(28(24)19-22)26-9-5-10-27(20-26)34-2)15-16-29(33)32-18-4-3-7-23-8-6-17-31-21-23/h5-6,8-17,19-21H,3-4,7,18H2,1-2H3,(H,32,33). The highest BCUT2D eigenvalue weighted by molar-refractivity contribution is 6.02. The lowest BCUT2D eigenvalue weighted by Gasteiger charge is -2.13. The van der Waals surface area contributed by atoms with E-state index in [1.54, 1.807) is 19.4 Å². The number of amides is 1. The maximum Gasteiger partial charge on any atom is 0.243 e. The van der Waals surface area contributed by atoms with Crippen molar-refractivity contribution >= 4 is 22.8 Å². The molecule has 0 spiro atoms. The minimum atomic E-state index is -0.0812. The molecule has 0 fully saturated rings. The van der Waals surface area contributed by atoms with Crippen LogP contribution in [0.5, 0.6) is 5.75 Å². The van der Waals surface area contributed by atoms with Crippen molar-refractivity contribution in [3.63, 3.8) is 0 Å². The van der Waals surface area contributed by atoms with Crippen molar-refractivity contribution in [2.45, 2.75) is 26.2 Å². The van der Waals surface area contributed by atoms with Crippen LogP contribution in [0.1, 0.15) is 29.5 Å². The van der Waals surface area contributed by atoms with Crippen LogP contribution in [-0.4, -0.2) is 24.5 Å². The van der Waals surface area contributed by atoms with Gasteiger partial charge in [0.1, 0.15) is 5.75 Å². The number of benzene rings is 3. The molecule has 172 valence electrons. The number of carbonyl (C=O) groups is 1. The van der Waals surface area contributed by atoms with E-state index in [9.17, 15) is 4.79 Å². The molecule has 3 aromatic carbocycles. The third-order valence-corrected chi connectivity index (χ3v) is 5.90. The van der Waals surface area contributed by atoms with Gasteiger partial charge in [0.25, 0.3) is 0 Å². The molecule has 0 aliphatic rings. The molecule has 4 heteroatoms. The number of rotatable bonds is 9. The van der Waals surface area contributed by atoms with Crippen LogP contribution in [0.15, 0.2) is 85.2 Å². The number of aromatic nitrogens is 1. The average molecular weight is 451 g/mol. The Morgan fingerprint density at radius 3 is 2.74 bits per heavy atom. The summed E-state index contributed by atoms with van der Waals surface area (Å²) in [5, 5.41) is 5.33. The number of carbonyl (C=O) groups excluding carboxylic acids is 1. The summed E-state index contributed by atoms with van der Waals surface area (Å²) in [4.78, 5) is 16.6. The third kappa shape index (κ3) is 5.90. The molecule has 1 heterocycles. The van der Waals surface area contributed by atoms with Crippen LogP contribution >= 0.6 is 0 Å². The lowest BCUT2D eigenvalue weighted by atomic mass is 9.92. The molecule has 34 heavy (non-hydrogen) atoms. The van der Waals surface area contributed by atoms with Crippen molar-refractivity contribution in [2.75, 3.05) is 13.7 Å². The summed E-state index contributed by atoms with van der Waals surface area (Å²) >= 11 is 0. The van der Waals surface area contributed by atoms with Gasteiger partial charge in [-0.2, -0.15) is 0 Å². The van der Waals surface area contributed by atoms with Crippen LogP contribution in [0.3, 0.4) is 0 Å². The number of methoxy groups -OCH3 is 1. The fraction of sp³-hybridized carbons (Fsp3) is 0.200. The monoisotopic (exact) mass is 450 g/mol. The Morgan fingerprint density at radius 1 is 1.03 bits per heavy atom. The van der Waals surface area contributed by atoms with Gasteiger partial charge in [-0.3, -0.25) is 9.78 Å². The SMILES string of the molecule is COc1cccc(-c2c(C=CC(=O)NCCCCc3cccnc3)ccc3ccc(C)cc23)c1. The first-order chi connectivity index (χ1) is 16.6. The first-order valence-corrected chi connectivity index (χ1v) is 11.7. The maximum absolute atomic E-state index is 12.5. The lowest BCUT2D eigenvalue weighted by Crippen LogP contribution is -2.22. The van der Waals surface area contributed by atoms with Gasteiger partial charge < -0.3 is 10.1 Å². The molecule has 0 bridgehead atoms. The van der Waals surface area contributed by atoms with Crippen molar-refractivity contribution in [1.29, 1.82) is 0 Å². The summed E-state index contributed by atoms with van der Waals surface area (Å²) in [5.74, 6) is 0.725. The second-order valence-corrected chi connectivity index (χ2v) is 8.43. The summed E-state index contributed by atoms with van der Waals surface area (Å²) in [6.07, 6.45) is 10.1. The molecule has 0 saturated heterocycles. The van der Waals surface area contributed by atoms with Crippen molar-refractivity contribution in [3.05, 3.63) is 102 Å². The number of hydrogen-bond donors (Lipinski definition) is 1. The van der Waals surface area contributed by atoms with Gasteiger partial charge in [-0.15, -0.1) is 0 Å². The number of pyridine rings is 1. The minimum Gasteiger partial charge on any atom is -0.497 e. The number of nitrogens with zero attached hydrogens (tertiary/aromatic N) is 1. The molecule has 0 unspecified atom stereocenters. The molecule has 4 rings (SSSR count). The molecule has 0 aliphatic carbocycles. The molecule has 0 saturated carbocycles. The second kappa shape index (κ2) is 11.3. The van der Waals surface area contributed by atoms with E-state index in [4.69, 9.17) is 4.74 Å². The molecular formula is C30H30N2O2. The number of ether oxygens (including phenoxy) is 1. The Balaban J connectivity index is 1.49. The van der Waals surface area contributed by atoms with Crippen molar-refractivity contribution in [1.82, 2.24) is 10.3 Å². The highest BCUT2D eigenvalue weighted by Gasteiger charge is 2.10. The van der Waals surface area contributed by atoms with Gasteiger partial charge >= 0.3 is 0 Å². The van der Waals surface area contributed by atoms with Gasteiger partial charge in [-0.05, 0) is 83.5 Å². The van der Waals surface area contributed by atoms with Crippen LogP contribution in [0.25, 0.3) is 28.0 Å². The van der Waals surface area contributed by atoms with Crippen molar-refractivity contribution in [3.8, 4) is 16.9 Å². The van der Waals surface area contributed by atoms with Gasteiger partial charge in [-0.25, -0.2) is 0 Å². The number of aryl methyl sites for hydroxylation is 2.